The van der Waals surface area contributed by atoms with Crippen LogP contribution >= 0.6 is 0 Å². The van der Waals surface area contributed by atoms with Gasteiger partial charge in [-0.2, -0.15) is 0 Å². The van der Waals surface area contributed by atoms with Crippen LogP contribution in [0.3, 0.4) is 0 Å². The maximum absolute atomic E-state index is 14.9. The Morgan fingerprint density at radius 1 is 0.839 bits per heavy atom. The molecule has 4 rings (SSSR count). The van der Waals surface area contributed by atoms with Crippen molar-refractivity contribution in [3.05, 3.63) is 101 Å². The molecule has 3 aromatic carbocycles. The fourth-order valence-electron chi connectivity index (χ4n) is 3.41. The first-order valence-corrected chi connectivity index (χ1v) is 9.85. The minimum Gasteiger partial charge on any atom is -0.478 e. The van der Waals surface area contributed by atoms with Crippen molar-refractivity contribution in [3.8, 4) is 5.75 Å². The number of carbonyl (C=O) groups excluding carboxylic acids is 1. The maximum atomic E-state index is 14.9. The highest BCUT2D eigenvalue weighted by atomic mass is 19.1. The predicted octanol–water partition coefficient (Wildman–Crippen LogP) is 4.74. The summed E-state index contributed by atoms with van der Waals surface area (Å²) in [7, 11) is 0. The van der Waals surface area contributed by atoms with E-state index in [-0.39, 0.29) is 17.2 Å². The van der Waals surface area contributed by atoms with E-state index in [1.807, 2.05) is 0 Å². The lowest BCUT2D eigenvalue weighted by atomic mass is 10.0. The quantitative estimate of drug-likeness (QED) is 0.590. The molecular formula is C24H20F3NO3. The zero-order valence-corrected chi connectivity index (χ0v) is 16.6. The zero-order chi connectivity index (χ0) is 21.8. The van der Waals surface area contributed by atoms with Crippen molar-refractivity contribution >= 4 is 5.91 Å². The van der Waals surface area contributed by atoms with Crippen LogP contribution in [0, 0.1) is 17.5 Å². The van der Waals surface area contributed by atoms with Crippen LogP contribution in [-0.4, -0.2) is 37.1 Å². The number of hydrogen-bond acceptors (Lipinski definition) is 3. The van der Waals surface area contributed by atoms with E-state index < -0.39 is 23.6 Å². The van der Waals surface area contributed by atoms with Crippen molar-refractivity contribution in [3.63, 3.8) is 0 Å². The van der Waals surface area contributed by atoms with E-state index in [9.17, 15) is 18.0 Å². The molecule has 1 aliphatic rings. The number of ether oxygens (including phenoxy) is 2. The molecule has 0 unspecified atom stereocenters. The smallest absolute Gasteiger partial charge is 0.254 e. The van der Waals surface area contributed by atoms with E-state index in [0.29, 0.717) is 37.4 Å². The highest BCUT2D eigenvalue weighted by Gasteiger charge is 2.22. The zero-order valence-electron chi connectivity index (χ0n) is 16.6. The topological polar surface area (TPSA) is 38.8 Å². The summed E-state index contributed by atoms with van der Waals surface area (Å²) in [5.74, 6) is -1.88. The average molecular weight is 427 g/mol. The van der Waals surface area contributed by atoms with Crippen LogP contribution in [0.15, 0.2) is 66.7 Å². The van der Waals surface area contributed by atoms with E-state index in [2.05, 4.69) is 0 Å². The Morgan fingerprint density at radius 2 is 1.39 bits per heavy atom. The number of morpholine rings is 1. The van der Waals surface area contributed by atoms with Crippen molar-refractivity contribution in [2.24, 2.45) is 0 Å². The van der Waals surface area contributed by atoms with Crippen molar-refractivity contribution in [2.75, 3.05) is 26.3 Å². The van der Waals surface area contributed by atoms with Gasteiger partial charge in [0, 0.05) is 18.7 Å². The maximum Gasteiger partial charge on any atom is 0.254 e. The van der Waals surface area contributed by atoms with Crippen LogP contribution in [-0.2, 0) is 4.74 Å². The summed E-state index contributed by atoms with van der Waals surface area (Å²) < 4.78 is 52.8. The molecule has 0 atom stereocenters. The molecule has 0 aliphatic carbocycles. The first-order chi connectivity index (χ1) is 15.0. The number of amides is 1. The first-order valence-electron chi connectivity index (χ1n) is 9.85. The van der Waals surface area contributed by atoms with Crippen LogP contribution in [0.1, 0.15) is 27.6 Å². The van der Waals surface area contributed by atoms with Crippen LogP contribution in [0.5, 0.6) is 5.75 Å². The molecule has 0 bridgehead atoms. The number of rotatable bonds is 5. The van der Waals surface area contributed by atoms with E-state index in [0.717, 1.165) is 6.07 Å². The van der Waals surface area contributed by atoms with Gasteiger partial charge >= 0.3 is 0 Å². The lowest BCUT2D eigenvalue weighted by Crippen LogP contribution is -2.40. The van der Waals surface area contributed by atoms with Crippen LogP contribution in [0.25, 0.3) is 0 Å². The Morgan fingerprint density at radius 3 is 1.90 bits per heavy atom. The Bertz CT molecular complexity index is 1000. The monoisotopic (exact) mass is 427 g/mol. The summed E-state index contributed by atoms with van der Waals surface area (Å²) >= 11 is 0. The van der Waals surface area contributed by atoms with E-state index in [1.165, 1.54) is 60.7 Å². The van der Waals surface area contributed by atoms with Gasteiger partial charge in [0.1, 0.15) is 17.7 Å². The molecule has 0 aromatic heterocycles. The van der Waals surface area contributed by atoms with Gasteiger partial charge < -0.3 is 14.4 Å². The van der Waals surface area contributed by atoms with Gasteiger partial charge in [0.05, 0.1) is 13.2 Å². The molecule has 1 amide bonds. The highest BCUT2D eigenvalue weighted by molar-refractivity contribution is 5.94. The van der Waals surface area contributed by atoms with Gasteiger partial charge in [0.15, 0.2) is 11.6 Å². The normalized spacial score (nSPS) is 14.0. The number of hydrogen-bond donors (Lipinski definition) is 0. The lowest BCUT2D eigenvalue weighted by Gasteiger charge is -2.27. The highest BCUT2D eigenvalue weighted by Crippen LogP contribution is 2.31. The second kappa shape index (κ2) is 9.22. The second-order valence-electron chi connectivity index (χ2n) is 7.15. The molecule has 1 aliphatic heterocycles. The third-order valence-corrected chi connectivity index (χ3v) is 5.07. The van der Waals surface area contributed by atoms with E-state index >= 15 is 0 Å². The van der Waals surface area contributed by atoms with Crippen molar-refractivity contribution in [2.45, 2.75) is 6.10 Å². The predicted molar refractivity (Wildman–Crippen MR) is 108 cm³/mol. The number of nitrogens with zero attached hydrogens (tertiary/aromatic N) is 1. The molecule has 3 aromatic rings. The third-order valence-electron chi connectivity index (χ3n) is 5.07. The van der Waals surface area contributed by atoms with Gasteiger partial charge in [-0.15, -0.1) is 0 Å². The number of benzene rings is 3. The van der Waals surface area contributed by atoms with Gasteiger partial charge in [-0.1, -0.05) is 24.3 Å². The molecule has 1 saturated heterocycles. The summed E-state index contributed by atoms with van der Waals surface area (Å²) in [6.45, 7) is 1.81. The Labute approximate surface area is 177 Å². The van der Waals surface area contributed by atoms with Gasteiger partial charge in [-0.3, -0.25) is 4.79 Å². The molecule has 31 heavy (non-hydrogen) atoms. The number of carbonyl (C=O) groups is 1. The van der Waals surface area contributed by atoms with Gasteiger partial charge in [0.2, 0.25) is 0 Å². The standard InChI is InChI=1S/C24H20F3NO3/c25-19-6-1-16(2-7-19)23(17-3-8-20(26)9-4-17)31-22-10-5-18(15-21(22)27)24(29)28-11-13-30-14-12-28/h1-10,15,23H,11-14H2. The minimum atomic E-state index is -0.795. The van der Waals surface area contributed by atoms with E-state index in [4.69, 9.17) is 9.47 Å². The Balaban J connectivity index is 1.61. The molecule has 1 heterocycles. The fraction of sp³-hybridized carbons (Fsp3) is 0.208. The molecule has 1 fully saturated rings. The second-order valence-corrected chi connectivity index (χ2v) is 7.15. The van der Waals surface area contributed by atoms with Gasteiger partial charge in [0.25, 0.3) is 5.91 Å². The molecule has 4 nitrogen and oxygen atoms in total. The van der Waals surface area contributed by atoms with E-state index in [1.54, 1.807) is 4.90 Å². The summed E-state index contributed by atoms with van der Waals surface area (Å²) in [5, 5.41) is 0. The minimum absolute atomic E-state index is 0.0721. The molecular weight excluding hydrogens is 407 g/mol. The molecule has 0 spiro atoms. The SMILES string of the molecule is O=C(c1ccc(OC(c2ccc(F)cc2)c2ccc(F)cc2)c(F)c1)N1CCOCC1. The van der Waals surface area contributed by atoms with Crippen LogP contribution < -0.4 is 4.74 Å². The Kier molecular flexibility index (Phi) is 6.23. The number of halogens is 3. The lowest BCUT2D eigenvalue weighted by molar-refractivity contribution is 0.0302. The molecule has 160 valence electrons. The fourth-order valence-corrected chi connectivity index (χ4v) is 3.41. The Hall–Kier alpha value is -3.32. The van der Waals surface area contributed by atoms with Gasteiger partial charge in [-0.25, -0.2) is 13.2 Å². The third kappa shape index (κ3) is 4.88. The summed E-state index contributed by atoms with van der Waals surface area (Å²) in [4.78, 5) is 14.2. The molecule has 0 radical (unpaired) electrons. The van der Waals surface area contributed by atoms with Crippen LogP contribution in [0.4, 0.5) is 13.2 Å². The molecule has 0 saturated carbocycles. The molecule has 0 N–H and O–H groups in total. The van der Waals surface area contributed by atoms with Crippen LogP contribution in [0.2, 0.25) is 0 Å². The first kappa shape index (κ1) is 20.9. The van der Waals surface area contributed by atoms with Gasteiger partial charge in [-0.05, 0) is 53.6 Å². The summed E-state index contributed by atoms with van der Waals surface area (Å²) in [6, 6.07) is 15.2. The van der Waals surface area contributed by atoms with Crippen molar-refractivity contribution in [1.29, 1.82) is 0 Å². The largest absolute Gasteiger partial charge is 0.478 e. The average Bonchev–Trinajstić information content (AvgIpc) is 2.80. The molecule has 7 heteroatoms. The van der Waals surface area contributed by atoms with Crippen molar-refractivity contribution < 1.29 is 27.4 Å². The summed E-state index contributed by atoms with van der Waals surface area (Å²) in [5.41, 5.74) is 1.36. The summed E-state index contributed by atoms with van der Waals surface area (Å²) in [6.07, 6.45) is -0.795. The van der Waals surface area contributed by atoms with Crippen molar-refractivity contribution in [1.82, 2.24) is 4.90 Å².